The van der Waals surface area contributed by atoms with Crippen molar-refractivity contribution in [1.29, 1.82) is 0 Å². The van der Waals surface area contributed by atoms with Gasteiger partial charge in [0.05, 0.1) is 0 Å². The van der Waals surface area contributed by atoms with Crippen LogP contribution in [0.2, 0.25) is 0 Å². The highest BCUT2D eigenvalue weighted by atomic mass is 32.2. The second-order valence-electron chi connectivity index (χ2n) is 3.39. The minimum absolute atomic E-state index is 0.185. The number of nitrogens with zero attached hydrogens (tertiary/aromatic N) is 1. The fourth-order valence-electron chi connectivity index (χ4n) is 1.59. The average Bonchev–Trinajstić information content (AvgIpc) is 2.44. The molecule has 0 saturated carbocycles. The molecule has 3 nitrogen and oxygen atoms in total. The van der Waals surface area contributed by atoms with Crippen LogP contribution in [-0.4, -0.2) is 22.7 Å². The van der Waals surface area contributed by atoms with Gasteiger partial charge in [0.15, 0.2) is 5.82 Å². The van der Waals surface area contributed by atoms with Crippen LogP contribution in [0.3, 0.4) is 0 Å². The van der Waals surface area contributed by atoms with Gasteiger partial charge in [-0.25, -0.2) is 13.7 Å². The molecular formula is C8H11FN2OS2. The summed E-state index contributed by atoms with van der Waals surface area (Å²) in [5.41, 5.74) is 0.678. The number of halogens is 1. The van der Waals surface area contributed by atoms with E-state index in [9.17, 15) is 8.60 Å². The fourth-order valence-corrected chi connectivity index (χ4v) is 3.43. The maximum Gasteiger partial charge on any atom is 0.156 e. The minimum Gasteiger partial charge on any atom is -0.302 e. The zero-order valence-electron chi connectivity index (χ0n) is 7.75. The standard InChI is InChI=1S/C8H11FN2OS2/c1-11-3-2-6-5(4-11)7(9)8(13-6)14(10)12/h2-4,10H2,1H3. The van der Waals surface area contributed by atoms with E-state index in [1.165, 1.54) is 11.3 Å². The van der Waals surface area contributed by atoms with E-state index in [2.05, 4.69) is 0 Å². The van der Waals surface area contributed by atoms with Crippen molar-refractivity contribution in [2.45, 2.75) is 17.2 Å². The molecule has 1 unspecified atom stereocenters. The molecule has 0 amide bonds. The fraction of sp³-hybridized carbons (Fsp3) is 0.500. The normalized spacial score (nSPS) is 19.4. The average molecular weight is 234 g/mol. The van der Waals surface area contributed by atoms with Crippen molar-refractivity contribution in [3.05, 3.63) is 16.3 Å². The lowest BCUT2D eigenvalue weighted by molar-refractivity contribution is 0.308. The van der Waals surface area contributed by atoms with Crippen molar-refractivity contribution in [2.75, 3.05) is 13.6 Å². The van der Waals surface area contributed by atoms with Crippen molar-refractivity contribution < 1.29 is 8.60 Å². The molecule has 2 N–H and O–H groups in total. The largest absolute Gasteiger partial charge is 0.302 e. The first kappa shape index (κ1) is 10.2. The zero-order chi connectivity index (χ0) is 10.3. The van der Waals surface area contributed by atoms with E-state index in [0.717, 1.165) is 17.8 Å². The maximum atomic E-state index is 13.6. The van der Waals surface area contributed by atoms with Crippen LogP contribution in [0.25, 0.3) is 0 Å². The van der Waals surface area contributed by atoms with Crippen molar-refractivity contribution in [2.24, 2.45) is 5.14 Å². The molecule has 2 heterocycles. The lowest BCUT2D eigenvalue weighted by Crippen LogP contribution is -2.25. The topological polar surface area (TPSA) is 46.3 Å². The molecule has 1 aliphatic rings. The molecule has 1 aromatic rings. The second kappa shape index (κ2) is 3.69. The van der Waals surface area contributed by atoms with Crippen molar-refractivity contribution in [3.8, 4) is 0 Å². The molecule has 0 fully saturated rings. The van der Waals surface area contributed by atoms with E-state index in [4.69, 9.17) is 5.14 Å². The van der Waals surface area contributed by atoms with E-state index >= 15 is 0 Å². The number of nitrogens with two attached hydrogens (primary N) is 1. The number of hydrogen-bond acceptors (Lipinski definition) is 3. The van der Waals surface area contributed by atoms with Gasteiger partial charge in [0, 0.05) is 23.5 Å². The first-order valence-electron chi connectivity index (χ1n) is 4.24. The predicted octanol–water partition coefficient (Wildman–Crippen LogP) is 0.856. The highest BCUT2D eigenvalue weighted by molar-refractivity contribution is 7.85. The number of likely N-dealkylation sites (N-methyl/N-ethyl adjacent to an activating group) is 1. The Morgan fingerprint density at radius 2 is 2.36 bits per heavy atom. The zero-order valence-corrected chi connectivity index (χ0v) is 9.38. The first-order valence-corrected chi connectivity index (χ1v) is 6.27. The Hall–Kier alpha value is -0.300. The Morgan fingerprint density at radius 1 is 1.64 bits per heavy atom. The van der Waals surface area contributed by atoms with Gasteiger partial charge in [-0.3, -0.25) is 0 Å². The molecule has 0 radical (unpaired) electrons. The summed E-state index contributed by atoms with van der Waals surface area (Å²) in [4.78, 5) is 3.04. The number of thiophene rings is 1. The quantitative estimate of drug-likeness (QED) is 0.783. The number of hydrogen-bond donors (Lipinski definition) is 1. The van der Waals surface area contributed by atoms with Crippen LogP contribution in [-0.2, 0) is 24.0 Å². The molecule has 0 saturated heterocycles. The Kier molecular flexibility index (Phi) is 2.70. The monoisotopic (exact) mass is 234 g/mol. The molecule has 0 aliphatic carbocycles. The highest BCUT2D eigenvalue weighted by Crippen LogP contribution is 2.32. The third-order valence-corrected chi connectivity index (χ3v) is 4.68. The molecule has 0 spiro atoms. The van der Waals surface area contributed by atoms with Crippen LogP contribution in [0.5, 0.6) is 0 Å². The summed E-state index contributed by atoms with van der Waals surface area (Å²) in [5, 5.41) is 5.19. The molecular weight excluding hydrogens is 223 g/mol. The molecule has 0 aromatic carbocycles. The highest BCUT2D eigenvalue weighted by Gasteiger charge is 2.24. The Bertz CT molecular complexity index is 391. The van der Waals surface area contributed by atoms with Crippen molar-refractivity contribution in [1.82, 2.24) is 4.90 Å². The van der Waals surface area contributed by atoms with Gasteiger partial charge in [-0.1, -0.05) is 0 Å². The molecule has 1 aliphatic heterocycles. The van der Waals surface area contributed by atoms with Gasteiger partial charge in [-0.15, -0.1) is 11.3 Å². The maximum absolute atomic E-state index is 13.6. The summed E-state index contributed by atoms with van der Waals surface area (Å²) in [6, 6.07) is 0. The Labute approximate surface area is 88.3 Å². The van der Waals surface area contributed by atoms with Crippen LogP contribution in [0.4, 0.5) is 4.39 Å². The summed E-state index contributed by atoms with van der Waals surface area (Å²) in [7, 11) is 0.252. The lowest BCUT2D eigenvalue weighted by Gasteiger charge is -2.21. The van der Waals surface area contributed by atoms with Gasteiger partial charge in [0.25, 0.3) is 0 Å². The molecule has 14 heavy (non-hydrogen) atoms. The van der Waals surface area contributed by atoms with Gasteiger partial charge >= 0.3 is 0 Å². The molecule has 1 atom stereocenters. The van der Waals surface area contributed by atoms with E-state index in [-0.39, 0.29) is 10.0 Å². The Balaban J connectivity index is 2.46. The summed E-state index contributed by atoms with van der Waals surface area (Å²) < 4.78 is 24.8. The third kappa shape index (κ3) is 1.63. The summed E-state index contributed by atoms with van der Waals surface area (Å²) >= 11 is 1.25. The lowest BCUT2D eigenvalue weighted by atomic mass is 10.1. The predicted molar refractivity (Wildman–Crippen MR) is 54.9 cm³/mol. The van der Waals surface area contributed by atoms with Gasteiger partial charge < -0.3 is 4.90 Å². The van der Waals surface area contributed by atoms with Crippen molar-refractivity contribution >= 4 is 22.3 Å². The summed E-state index contributed by atoms with van der Waals surface area (Å²) in [5.74, 6) is -0.364. The molecule has 78 valence electrons. The molecule has 2 rings (SSSR count). The Morgan fingerprint density at radius 3 is 3.00 bits per heavy atom. The van der Waals surface area contributed by atoms with Crippen molar-refractivity contribution in [3.63, 3.8) is 0 Å². The third-order valence-electron chi connectivity index (χ3n) is 2.33. The van der Waals surface area contributed by atoms with Gasteiger partial charge in [-0.05, 0) is 13.5 Å². The van der Waals surface area contributed by atoms with Crippen LogP contribution in [0.15, 0.2) is 4.21 Å². The molecule has 1 aromatic heterocycles. The van der Waals surface area contributed by atoms with Crippen LogP contribution >= 0.6 is 11.3 Å². The summed E-state index contributed by atoms with van der Waals surface area (Å²) in [6.45, 7) is 1.51. The summed E-state index contributed by atoms with van der Waals surface area (Å²) in [6.07, 6.45) is 0.824. The molecule has 6 heteroatoms. The number of fused-ring (bicyclic) bond motifs is 1. The SMILES string of the molecule is CN1CCc2sc(S(N)=O)c(F)c2C1. The van der Waals surface area contributed by atoms with Gasteiger partial charge in [0.2, 0.25) is 0 Å². The van der Waals surface area contributed by atoms with Crippen LogP contribution in [0, 0.1) is 5.82 Å². The van der Waals surface area contributed by atoms with Crippen LogP contribution in [0.1, 0.15) is 10.4 Å². The second-order valence-corrected chi connectivity index (χ2v) is 5.76. The minimum atomic E-state index is -1.69. The van der Waals surface area contributed by atoms with Gasteiger partial charge in [-0.2, -0.15) is 0 Å². The van der Waals surface area contributed by atoms with E-state index in [1.807, 2.05) is 11.9 Å². The van der Waals surface area contributed by atoms with E-state index < -0.39 is 11.0 Å². The van der Waals surface area contributed by atoms with Crippen LogP contribution < -0.4 is 5.14 Å². The smallest absolute Gasteiger partial charge is 0.156 e. The van der Waals surface area contributed by atoms with E-state index in [0.29, 0.717) is 12.1 Å². The molecule has 0 bridgehead atoms. The van der Waals surface area contributed by atoms with Gasteiger partial charge in [0.1, 0.15) is 15.2 Å². The first-order chi connectivity index (χ1) is 6.59. The van der Waals surface area contributed by atoms with E-state index in [1.54, 1.807) is 0 Å². The number of rotatable bonds is 1.